The molecule has 0 aliphatic heterocycles. The minimum absolute atomic E-state index is 0.271. The number of Topliss-reactive ketones (excluding diaryl/α,β-unsaturated/α-hetero) is 1. The predicted molar refractivity (Wildman–Crippen MR) is 55.3 cm³/mol. The second-order valence-electron chi connectivity index (χ2n) is 4.78. The highest BCUT2D eigenvalue weighted by molar-refractivity contribution is 5.97. The summed E-state index contributed by atoms with van der Waals surface area (Å²) in [5, 5.41) is 7.47. The van der Waals surface area contributed by atoms with Crippen molar-refractivity contribution in [1.82, 2.24) is 10.2 Å². The number of aromatic nitrogens is 2. The summed E-state index contributed by atoms with van der Waals surface area (Å²) >= 11 is 0. The van der Waals surface area contributed by atoms with Crippen molar-refractivity contribution in [3.63, 3.8) is 0 Å². The van der Waals surface area contributed by atoms with Crippen LogP contribution in [0.3, 0.4) is 0 Å². The smallest absolute Gasteiger partial charge is 0.167 e. The summed E-state index contributed by atoms with van der Waals surface area (Å²) in [7, 11) is 0. The van der Waals surface area contributed by atoms with E-state index in [1.807, 2.05) is 0 Å². The Morgan fingerprint density at radius 3 is 2.80 bits per heavy atom. The zero-order valence-corrected chi connectivity index (χ0v) is 8.60. The first-order valence-electron chi connectivity index (χ1n) is 5.65. The summed E-state index contributed by atoms with van der Waals surface area (Å²) in [6.45, 7) is 0. The van der Waals surface area contributed by atoms with E-state index in [0.717, 1.165) is 17.9 Å². The molecule has 3 nitrogen and oxygen atoms in total. The van der Waals surface area contributed by atoms with E-state index in [1.54, 1.807) is 18.5 Å². The van der Waals surface area contributed by atoms with Crippen LogP contribution in [0.2, 0.25) is 0 Å². The van der Waals surface area contributed by atoms with Crippen molar-refractivity contribution in [2.24, 2.45) is 17.8 Å². The lowest BCUT2D eigenvalue weighted by atomic mass is 9.84. The molecule has 2 fully saturated rings. The number of fused-ring (bicyclic) bond motifs is 2. The lowest BCUT2D eigenvalue weighted by Gasteiger charge is -2.19. The average molecular weight is 202 g/mol. The molecule has 0 aromatic carbocycles. The third kappa shape index (κ3) is 1.46. The molecule has 2 saturated carbocycles. The van der Waals surface area contributed by atoms with E-state index < -0.39 is 0 Å². The molecule has 2 bridgehead atoms. The van der Waals surface area contributed by atoms with Gasteiger partial charge in [-0.25, -0.2) is 0 Å². The van der Waals surface area contributed by atoms with E-state index in [1.165, 1.54) is 19.3 Å². The molecule has 2 aliphatic rings. The Bertz CT molecular complexity index is 376. The number of nitrogens with zero attached hydrogens (tertiary/aromatic N) is 2. The third-order valence-corrected chi connectivity index (χ3v) is 3.94. The minimum Gasteiger partial charge on any atom is -0.294 e. The summed E-state index contributed by atoms with van der Waals surface area (Å²) in [4.78, 5) is 12.2. The molecule has 15 heavy (non-hydrogen) atoms. The first kappa shape index (κ1) is 9.01. The van der Waals surface area contributed by atoms with Gasteiger partial charge in [-0.15, -0.1) is 0 Å². The van der Waals surface area contributed by atoms with Gasteiger partial charge < -0.3 is 0 Å². The second-order valence-corrected chi connectivity index (χ2v) is 4.78. The van der Waals surface area contributed by atoms with E-state index in [9.17, 15) is 4.79 Å². The highest BCUT2D eigenvalue weighted by Crippen LogP contribution is 2.49. The molecule has 0 spiro atoms. The van der Waals surface area contributed by atoms with Crippen molar-refractivity contribution >= 4 is 5.78 Å². The van der Waals surface area contributed by atoms with Crippen LogP contribution in [0.5, 0.6) is 0 Å². The number of carbonyl (C=O) groups is 1. The van der Waals surface area contributed by atoms with Crippen molar-refractivity contribution in [1.29, 1.82) is 0 Å². The Morgan fingerprint density at radius 1 is 1.27 bits per heavy atom. The lowest BCUT2D eigenvalue weighted by molar-refractivity contribution is 0.0874. The first-order chi connectivity index (χ1) is 7.34. The molecule has 0 saturated heterocycles. The quantitative estimate of drug-likeness (QED) is 0.690. The maximum absolute atomic E-state index is 12.2. The molecular formula is C12H14N2O. The van der Waals surface area contributed by atoms with E-state index in [2.05, 4.69) is 10.2 Å². The van der Waals surface area contributed by atoms with Gasteiger partial charge in [0.05, 0.1) is 12.4 Å². The van der Waals surface area contributed by atoms with Crippen molar-refractivity contribution in [2.75, 3.05) is 0 Å². The van der Waals surface area contributed by atoms with Crippen LogP contribution in [0.15, 0.2) is 18.5 Å². The van der Waals surface area contributed by atoms with E-state index in [0.29, 0.717) is 5.92 Å². The zero-order chi connectivity index (χ0) is 10.3. The van der Waals surface area contributed by atoms with Gasteiger partial charge >= 0.3 is 0 Å². The number of carbonyl (C=O) groups excluding carboxylic acids is 1. The number of hydrogen-bond donors (Lipinski definition) is 0. The summed E-state index contributed by atoms with van der Waals surface area (Å²) in [5.41, 5.74) is 0.738. The van der Waals surface area contributed by atoms with Crippen molar-refractivity contribution in [2.45, 2.75) is 25.7 Å². The van der Waals surface area contributed by atoms with Crippen LogP contribution in [0.4, 0.5) is 0 Å². The third-order valence-electron chi connectivity index (χ3n) is 3.94. The Labute approximate surface area is 88.9 Å². The number of hydrogen-bond acceptors (Lipinski definition) is 3. The summed E-state index contributed by atoms with van der Waals surface area (Å²) in [5.74, 6) is 2.03. The van der Waals surface area contributed by atoms with Gasteiger partial charge in [0.15, 0.2) is 5.78 Å². The first-order valence-corrected chi connectivity index (χ1v) is 5.65. The van der Waals surface area contributed by atoms with Crippen LogP contribution < -0.4 is 0 Å². The highest BCUT2D eigenvalue weighted by atomic mass is 16.1. The topological polar surface area (TPSA) is 42.9 Å². The van der Waals surface area contributed by atoms with E-state index in [-0.39, 0.29) is 11.7 Å². The van der Waals surface area contributed by atoms with Crippen molar-refractivity contribution in [3.05, 3.63) is 24.0 Å². The van der Waals surface area contributed by atoms with E-state index in [4.69, 9.17) is 0 Å². The molecule has 3 unspecified atom stereocenters. The monoisotopic (exact) mass is 202 g/mol. The molecule has 1 aromatic heterocycles. The fourth-order valence-electron chi connectivity index (χ4n) is 3.22. The highest BCUT2D eigenvalue weighted by Gasteiger charge is 2.43. The fourth-order valence-corrected chi connectivity index (χ4v) is 3.22. The van der Waals surface area contributed by atoms with Crippen LogP contribution >= 0.6 is 0 Å². The van der Waals surface area contributed by atoms with Gasteiger partial charge in [0, 0.05) is 11.5 Å². The summed E-state index contributed by atoms with van der Waals surface area (Å²) in [6, 6.07) is 1.78. The number of rotatable bonds is 2. The van der Waals surface area contributed by atoms with Gasteiger partial charge in [-0.2, -0.15) is 10.2 Å². The Balaban J connectivity index is 1.81. The molecule has 0 amide bonds. The second kappa shape index (κ2) is 3.40. The van der Waals surface area contributed by atoms with Gasteiger partial charge in [-0.05, 0) is 37.2 Å². The Morgan fingerprint density at radius 2 is 2.20 bits per heavy atom. The van der Waals surface area contributed by atoms with Crippen molar-refractivity contribution < 1.29 is 4.79 Å². The van der Waals surface area contributed by atoms with Gasteiger partial charge in [-0.1, -0.05) is 6.42 Å². The zero-order valence-electron chi connectivity index (χ0n) is 8.60. The predicted octanol–water partition coefficient (Wildman–Crippen LogP) is 2.10. The maximum Gasteiger partial charge on any atom is 0.167 e. The van der Waals surface area contributed by atoms with Crippen LogP contribution in [0.25, 0.3) is 0 Å². The van der Waals surface area contributed by atoms with Gasteiger partial charge in [0.1, 0.15) is 0 Å². The molecule has 1 aromatic rings. The molecule has 2 aliphatic carbocycles. The normalized spacial score (nSPS) is 33.2. The lowest BCUT2D eigenvalue weighted by Crippen LogP contribution is -2.21. The van der Waals surface area contributed by atoms with Crippen LogP contribution in [0, 0.1) is 17.8 Å². The SMILES string of the molecule is O=C(c1ccnnc1)C1CC2CCC1C2. The Hall–Kier alpha value is -1.25. The average Bonchev–Trinajstić information content (AvgIpc) is 2.91. The maximum atomic E-state index is 12.2. The minimum atomic E-state index is 0.271. The molecule has 3 heteroatoms. The molecule has 3 atom stereocenters. The van der Waals surface area contributed by atoms with Crippen LogP contribution in [0.1, 0.15) is 36.0 Å². The Kier molecular flexibility index (Phi) is 2.04. The summed E-state index contributed by atoms with van der Waals surface area (Å²) < 4.78 is 0. The van der Waals surface area contributed by atoms with E-state index >= 15 is 0 Å². The van der Waals surface area contributed by atoms with Gasteiger partial charge in [-0.3, -0.25) is 4.79 Å². The molecular weight excluding hydrogens is 188 g/mol. The van der Waals surface area contributed by atoms with Crippen LogP contribution in [-0.2, 0) is 0 Å². The molecule has 0 radical (unpaired) electrons. The summed E-state index contributed by atoms with van der Waals surface area (Å²) in [6.07, 6.45) is 8.15. The molecule has 1 heterocycles. The molecule has 78 valence electrons. The van der Waals surface area contributed by atoms with Crippen molar-refractivity contribution in [3.8, 4) is 0 Å². The van der Waals surface area contributed by atoms with Crippen LogP contribution in [-0.4, -0.2) is 16.0 Å². The van der Waals surface area contributed by atoms with Gasteiger partial charge in [0.25, 0.3) is 0 Å². The molecule has 3 rings (SSSR count). The van der Waals surface area contributed by atoms with Gasteiger partial charge in [0.2, 0.25) is 0 Å². The number of ketones is 1. The fraction of sp³-hybridized carbons (Fsp3) is 0.583. The largest absolute Gasteiger partial charge is 0.294 e. The standard InChI is InChI=1S/C12H14N2O/c15-12(10-3-4-13-14-7-10)11-6-8-1-2-9(11)5-8/h3-4,7-9,11H,1-2,5-6H2. The molecule has 0 N–H and O–H groups in total.